The number of carboxylic acid groups (broad SMARTS) is 1. The fourth-order valence-electron chi connectivity index (χ4n) is 1.55. The fourth-order valence-corrected chi connectivity index (χ4v) is 2.53. The number of thiophene rings is 1. The van der Waals surface area contributed by atoms with Crippen LogP contribution in [0.3, 0.4) is 0 Å². The lowest BCUT2D eigenvalue weighted by Crippen LogP contribution is -2.33. The Morgan fingerprint density at radius 3 is 2.38 bits per heavy atom. The Morgan fingerprint density at radius 1 is 1.38 bits per heavy atom. The van der Waals surface area contributed by atoms with Crippen LogP contribution in [-0.2, 0) is 0 Å². The molecule has 4 heteroatoms. The quantitative estimate of drug-likeness (QED) is 0.859. The van der Waals surface area contributed by atoms with E-state index in [-0.39, 0.29) is 0 Å². The van der Waals surface area contributed by atoms with Crippen LogP contribution < -0.4 is 4.90 Å². The molecule has 90 valence electrons. The third kappa shape index (κ3) is 3.23. The third-order valence-corrected chi connectivity index (χ3v) is 3.38. The highest BCUT2D eigenvalue weighted by atomic mass is 32.1. The molecule has 0 aliphatic heterocycles. The summed E-state index contributed by atoms with van der Waals surface area (Å²) >= 11 is 1.35. The molecule has 0 amide bonds. The van der Waals surface area contributed by atoms with Crippen LogP contribution in [-0.4, -0.2) is 23.7 Å². The van der Waals surface area contributed by atoms with Crippen molar-refractivity contribution in [2.24, 2.45) is 5.92 Å². The summed E-state index contributed by atoms with van der Waals surface area (Å²) < 4.78 is 0. The Kier molecular flexibility index (Phi) is 4.35. The van der Waals surface area contributed by atoms with E-state index in [9.17, 15) is 4.79 Å². The first-order valence-corrected chi connectivity index (χ1v) is 6.33. The van der Waals surface area contributed by atoms with E-state index in [1.54, 1.807) is 6.07 Å². The topological polar surface area (TPSA) is 40.5 Å². The summed E-state index contributed by atoms with van der Waals surface area (Å²) in [5.41, 5.74) is 0. The van der Waals surface area contributed by atoms with Gasteiger partial charge in [0, 0.05) is 12.6 Å². The number of carbonyl (C=O) groups is 1. The molecule has 0 spiro atoms. The molecule has 1 rings (SSSR count). The van der Waals surface area contributed by atoms with E-state index in [4.69, 9.17) is 5.11 Å². The average Bonchev–Trinajstić information content (AvgIpc) is 2.61. The van der Waals surface area contributed by atoms with Gasteiger partial charge < -0.3 is 10.0 Å². The molecule has 16 heavy (non-hydrogen) atoms. The Morgan fingerprint density at radius 2 is 2.00 bits per heavy atom. The number of nitrogens with zero attached hydrogens (tertiary/aromatic N) is 1. The smallest absolute Gasteiger partial charge is 0.345 e. The third-order valence-electron chi connectivity index (χ3n) is 2.27. The lowest BCUT2D eigenvalue weighted by Gasteiger charge is -2.29. The van der Waals surface area contributed by atoms with E-state index in [0.717, 1.165) is 11.5 Å². The minimum atomic E-state index is -0.843. The predicted molar refractivity (Wildman–Crippen MR) is 68.6 cm³/mol. The van der Waals surface area contributed by atoms with Gasteiger partial charge in [-0.3, -0.25) is 0 Å². The maximum absolute atomic E-state index is 10.8. The van der Waals surface area contributed by atoms with Crippen molar-refractivity contribution in [1.29, 1.82) is 0 Å². The van der Waals surface area contributed by atoms with Crippen molar-refractivity contribution < 1.29 is 9.90 Å². The van der Waals surface area contributed by atoms with Crippen LogP contribution >= 0.6 is 11.3 Å². The molecule has 0 aromatic carbocycles. The number of carboxylic acids is 1. The molecule has 0 aliphatic rings. The van der Waals surface area contributed by atoms with Crippen LogP contribution in [0, 0.1) is 5.92 Å². The zero-order valence-electron chi connectivity index (χ0n) is 10.2. The number of hydrogen-bond acceptors (Lipinski definition) is 3. The van der Waals surface area contributed by atoms with Crippen molar-refractivity contribution in [2.45, 2.75) is 33.7 Å². The van der Waals surface area contributed by atoms with Crippen molar-refractivity contribution in [3.63, 3.8) is 0 Å². The first-order chi connectivity index (χ1) is 7.41. The Bertz CT molecular complexity index is 358. The summed E-state index contributed by atoms with van der Waals surface area (Å²) in [6, 6.07) is 3.97. The summed E-state index contributed by atoms with van der Waals surface area (Å²) in [5.74, 6) is -0.276. The van der Waals surface area contributed by atoms with E-state index < -0.39 is 5.97 Å². The van der Waals surface area contributed by atoms with Crippen molar-refractivity contribution in [3.05, 3.63) is 17.0 Å². The Hall–Kier alpha value is -1.03. The largest absolute Gasteiger partial charge is 0.477 e. The van der Waals surface area contributed by atoms with Crippen LogP contribution in [0.5, 0.6) is 0 Å². The van der Waals surface area contributed by atoms with Gasteiger partial charge in [0.2, 0.25) is 0 Å². The van der Waals surface area contributed by atoms with E-state index in [2.05, 4.69) is 32.6 Å². The van der Waals surface area contributed by atoms with Crippen LogP contribution in [0.4, 0.5) is 5.00 Å². The van der Waals surface area contributed by atoms with Gasteiger partial charge in [-0.2, -0.15) is 0 Å². The van der Waals surface area contributed by atoms with Gasteiger partial charge in [0.15, 0.2) is 0 Å². The van der Waals surface area contributed by atoms with Crippen LogP contribution in [0.1, 0.15) is 37.4 Å². The molecule has 0 radical (unpaired) electrons. The molecule has 1 aromatic rings. The summed E-state index contributed by atoms with van der Waals surface area (Å²) in [5, 5.41) is 9.94. The number of rotatable bonds is 5. The molecule has 0 atom stereocenters. The lowest BCUT2D eigenvalue weighted by atomic mass is 10.2. The number of aromatic carboxylic acids is 1. The zero-order chi connectivity index (χ0) is 12.3. The van der Waals surface area contributed by atoms with E-state index in [1.807, 2.05) is 6.07 Å². The highest BCUT2D eigenvalue weighted by molar-refractivity contribution is 7.17. The molecular weight excluding hydrogens is 222 g/mol. The van der Waals surface area contributed by atoms with E-state index in [0.29, 0.717) is 16.8 Å². The minimum absolute atomic E-state index is 0.391. The van der Waals surface area contributed by atoms with Gasteiger partial charge >= 0.3 is 5.97 Å². The van der Waals surface area contributed by atoms with Gasteiger partial charge in [0.25, 0.3) is 0 Å². The highest BCUT2D eigenvalue weighted by Crippen LogP contribution is 2.28. The summed E-state index contributed by atoms with van der Waals surface area (Å²) in [7, 11) is 0. The highest BCUT2D eigenvalue weighted by Gasteiger charge is 2.16. The average molecular weight is 241 g/mol. The van der Waals surface area contributed by atoms with E-state index >= 15 is 0 Å². The molecule has 0 fully saturated rings. The predicted octanol–water partition coefficient (Wildman–Crippen LogP) is 3.32. The standard InChI is InChI=1S/C12H19NO2S/c1-8(2)7-13(9(3)4)11-6-5-10(16-11)12(14)15/h5-6,8-9H,7H2,1-4H3,(H,14,15). The number of anilines is 1. The second kappa shape index (κ2) is 5.34. The van der Waals surface area contributed by atoms with Crippen LogP contribution in [0.25, 0.3) is 0 Å². The molecular formula is C12H19NO2S. The maximum Gasteiger partial charge on any atom is 0.345 e. The van der Waals surface area contributed by atoms with Crippen molar-refractivity contribution in [3.8, 4) is 0 Å². The van der Waals surface area contributed by atoms with Gasteiger partial charge in [-0.1, -0.05) is 13.8 Å². The second-order valence-electron chi connectivity index (χ2n) is 4.58. The molecule has 0 bridgehead atoms. The summed E-state index contributed by atoms with van der Waals surface area (Å²) in [6.45, 7) is 9.55. The molecule has 0 saturated heterocycles. The van der Waals surface area contributed by atoms with Gasteiger partial charge in [-0.15, -0.1) is 11.3 Å². The normalized spacial score (nSPS) is 11.1. The van der Waals surface area contributed by atoms with E-state index in [1.165, 1.54) is 11.3 Å². The molecule has 0 aliphatic carbocycles. The first kappa shape index (κ1) is 13.0. The summed E-state index contributed by atoms with van der Waals surface area (Å²) in [4.78, 5) is 13.5. The Balaban J connectivity index is 2.88. The fraction of sp³-hybridized carbons (Fsp3) is 0.583. The Labute approximate surface area is 101 Å². The zero-order valence-corrected chi connectivity index (χ0v) is 11.0. The molecule has 0 unspecified atom stereocenters. The molecule has 1 N–H and O–H groups in total. The van der Waals surface area contributed by atoms with Crippen LogP contribution in [0.15, 0.2) is 12.1 Å². The molecule has 3 nitrogen and oxygen atoms in total. The van der Waals surface area contributed by atoms with Crippen molar-refractivity contribution >= 4 is 22.3 Å². The molecule has 0 saturated carbocycles. The summed E-state index contributed by atoms with van der Waals surface area (Å²) in [6.07, 6.45) is 0. The second-order valence-corrected chi connectivity index (χ2v) is 5.65. The van der Waals surface area contributed by atoms with Crippen molar-refractivity contribution in [2.75, 3.05) is 11.4 Å². The van der Waals surface area contributed by atoms with Gasteiger partial charge in [-0.05, 0) is 31.9 Å². The van der Waals surface area contributed by atoms with Crippen molar-refractivity contribution in [1.82, 2.24) is 0 Å². The molecule has 1 heterocycles. The van der Waals surface area contributed by atoms with Crippen LogP contribution in [0.2, 0.25) is 0 Å². The number of hydrogen-bond donors (Lipinski definition) is 1. The first-order valence-electron chi connectivity index (χ1n) is 5.51. The van der Waals surface area contributed by atoms with Gasteiger partial charge in [-0.25, -0.2) is 4.79 Å². The SMILES string of the molecule is CC(C)CN(c1ccc(C(=O)O)s1)C(C)C. The lowest BCUT2D eigenvalue weighted by molar-refractivity contribution is 0.0702. The minimum Gasteiger partial charge on any atom is -0.477 e. The maximum atomic E-state index is 10.8. The monoisotopic (exact) mass is 241 g/mol. The van der Waals surface area contributed by atoms with Gasteiger partial charge in [0.05, 0.1) is 5.00 Å². The van der Waals surface area contributed by atoms with Gasteiger partial charge in [0.1, 0.15) is 4.88 Å². The molecule has 1 aromatic heterocycles.